The highest BCUT2D eigenvalue weighted by Gasteiger charge is 2.36. The number of fused-ring (bicyclic) bond motifs is 1. The molecule has 1 aliphatic heterocycles. The molecule has 29 heavy (non-hydrogen) atoms. The van der Waals surface area contributed by atoms with Crippen LogP contribution in [0.1, 0.15) is 48.5 Å². The lowest BCUT2D eigenvalue weighted by molar-refractivity contribution is -0.129. The van der Waals surface area contributed by atoms with Crippen LogP contribution in [-0.4, -0.2) is 32.3 Å². The van der Waals surface area contributed by atoms with Gasteiger partial charge in [-0.15, -0.1) is 0 Å². The van der Waals surface area contributed by atoms with E-state index < -0.39 is 22.1 Å². The summed E-state index contributed by atoms with van der Waals surface area (Å²) < 4.78 is 33.5. The van der Waals surface area contributed by atoms with E-state index in [9.17, 15) is 18.0 Å². The summed E-state index contributed by atoms with van der Waals surface area (Å²) in [7, 11) is -3.84. The number of esters is 1. The third-order valence-corrected chi connectivity index (χ3v) is 7.44. The van der Waals surface area contributed by atoms with Crippen LogP contribution in [0.3, 0.4) is 0 Å². The van der Waals surface area contributed by atoms with Crippen LogP contribution >= 0.6 is 0 Å². The number of ether oxygens (including phenoxy) is 1. The van der Waals surface area contributed by atoms with Gasteiger partial charge in [-0.2, -0.15) is 0 Å². The molecule has 2 unspecified atom stereocenters. The Morgan fingerprint density at radius 2 is 1.90 bits per heavy atom. The lowest BCUT2D eigenvalue weighted by atomic mass is 9.96. The first-order valence-electron chi connectivity index (χ1n) is 9.84. The van der Waals surface area contributed by atoms with Gasteiger partial charge in [0.1, 0.15) is 0 Å². The number of Topliss-reactive ketones (excluding diaryl/α,β-unsaturated/α-hetero) is 1. The number of ketones is 1. The van der Waals surface area contributed by atoms with E-state index in [1.807, 2.05) is 25.1 Å². The molecule has 2 aliphatic rings. The second kappa shape index (κ2) is 7.63. The second-order valence-corrected chi connectivity index (χ2v) is 9.43. The molecule has 0 spiro atoms. The normalized spacial score (nSPS) is 21.7. The molecule has 7 heteroatoms. The first-order chi connectivity index (χ1) is 13.9. The number of para-hydroxylation sites is 1. The van der Waals surface area contributed by atoms with Crippen molar-refractivity contribution in [2.24, 2.45) is 0 Å². The summed E-state index contributed by atoms with van der Waals surface area (Å²) in [4.78, 5) is 24.5. The highest BCUT2D eigenvalue weighted by Crippen LogP contribution is 2.36. The lowest BCUT2D eigenvalue weighted by Crippen LogP contribution is -2.35. The highest BCUT2D eigenvalue weighted by molar-refractivity contribution is 7.92. The molecule has 1 aliphatic carbocycles. The molecule has 1 saturated carbocycles. The third-order valence-electron chi connectivity index (χ3n) is 5.52. The van der Waals surface area contributed by atoms with E-state index in [4.69, 9.17) is 4.74 Å². The maximum atomic E-state index is 13.3. The molecule has 152 valence electrons. The fraction of sp³-hybridized carbons (Fsp3) is 0.364. The van der Waals surface area contributed by atoms with Crippen molar-refractivity contribution in [3.63, 3.8) is 0 Å². The molecule has 6 nitrogen and oxygen atoms in total. The minimum Gasteiger partial charge on any atom is -0.451 e. The SMILES string of the molecule is CC1Cc2ccccc2N1S(=O)(=O)c1cccc(C(=O)OC2CCCCC2=O)c1. The maximum absolute atomic E-state index is 13.3. The van der Waals surface area contributed by atoms with Gasteiger partial charge in [0.15, 0.2) is 11.9 Å². The topological polar surface area (TPSA) is 80.8 Å². The summed E-state index contributed by atoms with van der Waals surface area (Å²) >= 11 is 0. The van der Waals surface area contributed by atoms with Gasteiger partial charge in [0, 0.05) is 12.5 Å². The van der Waals surface area contributed by atoms with Crippen LogP contribution < -0.4 is 4.31 Å². The monoisotopic (exact) mass is 413 g/mol. The van der Waals surface area contributed by atoms with Crippen LogP contribution in [0, 0.1) is 0 Å². The predicted molar refractivity (Wildman–Crippen MR) is 108 cm³/mol. The van der Waals surface area contributed by atoms with Crippen molar-refractivity contribution in [2.75, 3.05) is 4.31 Å². The number of benzene rings is 2. The van der Waals surface area contributed by atoms with Gasteiger partial charge in [-0.25, -0.2) is 13.2 Å². The number of nitrogens with zero attached hydrogens (tertiary/aromatic N) is 1. The fourth-order valence-corrected chi connectivity index (χ4v) is 5.81. The smallest absolute Gasteiger partial charge is 0.338 e. The van der Waals surface area contributed by atoms with Crippen molar-refractivity contribution in [2.45, 2.75) is 56.1 Å². The molecule has 0 amide bonds. The minimum absolute atomic E-state index is 0.0328. The maximum Gasteiger partial charge on any atom is 0.338 e. The van der Waals surface area contributed by atoms with Crippen molar-refractivity contribution in [3.8, 4) is 0 Å². The first-order valence-corrected chi connectivity index (χ1v) is 11.3. The molecule has 0 aromatic heterocycles. The minimum atomic E-state index is -3.84. The Labute approximate surface area is 170 Å². The van der Waals surface area contributed by atoms with E-state index in [0.29, 0.717) is 24.9 Å². The largest absolute Gasteiger partial charge is 0.451 e. The molecular formula is C22H23NO5S. The van der Waals surface area contributed by atoms with Gasteiger partial charge in [0.25, 0.3) is 10.0 Å². The Hall–Kier alpha value is -2.67. The van der Waals surface area contributed by atoms with Crippen molar-refractivity contribution >= 4 is 27.5 Å². The Morgan fingerprint density at radius 3 is 2.69 bits per heavy atom. The Morgan fingerprint density at radius 1 is 1.10 bits per heavy atom. The Balaban J connectivity index is 1.61. The zero-order valence-electron chi connectivity index (χ0n) is 16.2. The van der Waals surface area contributed by atoms with Crippen LogP contribution in [-0.2, 0) is 26.0 Å². The Bertz CT molecular complexity index is 1060. The number of anilines is 1. The Kier molecular flexibility index (Phi) is 5.17. The van der Waals surface area contributed by atoms with Crippen LogP contribution in [0.2, 0.25) is 0 Å². The molecule has 4 rings (SSSR count). The average Bonchev–Trinajstić information content (AvgIpc) is 3.06. The van der Waals surface area contributed by atoms with Crippen LogP contribution in [0.5, 0.6) is 0 Å². The van der Waals surface area contributed by atoms with Crippen molar-refractivity contribution < 1.29 is 22.7 Å². The summed E-state index contributed by atoms with van der Waals surface area (Å²) in [6.45, 7) is 1.87. The van der Waals surface area contributed by atoms with Gasteiger partial charge in [0.05, 0.1) is 16.1 Å². The van der Waals surface area contributed by atoms with Gasteiger partial charge in [0.2, 0.25) is 0 Å². The van der Waals surface area contributed by atoms with E-state index in [2.05, 4.69) is 0 Å². The van der Waals surface area contributed by atoms with E-state index in [1.54, 1.807) is 6.07 Å². The molecule has 0 bridgehead atoms. The molecule has 0 radical (unpaired) electrons. The molecule has 2 aromatic rings. The predicted octanol–water partition coefficient (Wildman–Crippen LogP) is 3.50. The van der Waals surface area contributed by atoms with Gasteiger partial charge >= 0.3 is 5.97 Å². The van der Waals surface area contributed by atoms with E-state index in [-0.39, 0.29) is 22.3 Å². The summed E-state index contributed by atoms with van der Waals surface area (Å²) in [5.74, 6) is -0.743. The summed E-state index contributed by atoms with van der Waals surface area (Å²) in [5, 5.41) is 0. The quantitative estimate of drug-likeness (QED) is 0.717. The number of carbonyl (C=O) groups excluding carboxylic acids is 2. The van der Waals surface area contributed by atoms with Crippen LogP contribution in [0.25, 0.3) is 0 Å². The average molecular weight is 413 g/mol. The number of carbonyl (C=O) groups is 2. The van der Waals surface area contributed by atoms with Gasteiger partial charge in [-0.3, -0.25) is 9.10 Å². The highest BCUT2D eigenvalue weighted by atomic mass is 32.2. The third kappa shape index (κ3) is 3.67. The summed E-state index contributed by atoms with van der Waals surface area (Å²) in [6, 6.07) is 13.1. The molecular weight excluding hydrogens is 390 g/mol. The standard InChI is InChI=1S/C22H23NO5S/c1-15-13-16-7-2-3-10-19(16)23(15)29(26,27)18-9-6-8-17(14-18)22(25)28-21-12-5-4-11-20(21)24/h2-3,6-10,14-15,21H,4-5,11-13H2,1H3. The molecule has 1 heterocycles. The van der Waals surface area contributed by atoms with E-state index in [1.165, 1.54) is 28.6 Å². The zero-order valence-corrected chi connectivity index (χ0v) is 17.0. The number of hydrogen-bond donors (Lipinski definition) is 0. The van der Waals surface area contributed by atoms with E-state index in [0.717, 1.165) is 18.4 Å². The van der Waals surface area contributed by atoms with Gasteiger partial charge < -0.3 is 4.74 Å². The van der Waals surface area contributed by atoms with Crippen LogP contribution in [0.4, 0.5) is 5.69 Å². The van der Waals surface area contributed by atoms with E-state index >= 15 is 0 Å². The zero-order chi connectivity index (χ0) is 20.6. The first kappa shape index (κ1) is 19.6. The lowest BCUT2D eigenvalue weighted by Gasteiger charge is -2.25. The van der Waals surface area contributed by atoms with Crippen molar-refractivity contribution in [1.29, 1.82) is 0 Å². The van der Waals surface area contributed by atoms with Crippen molar-refractivity contribution in [1.82, 2.24) is 0 Å². The fourth-order valence-electron chi connectivity index (χ4n) is 4.07. The molecule has 2 atom stereocenters. The molecule has 2 aromatic carbocycles. The number of hydrogen-bond acceptors (Lipinski definition) is 5. The summed E-state index contributed by atoms with van der Waals surface area (Å²) in [5.41, 5.74) is 1.78. The molecule has 1 fully saturated rings. The van der Waals surface area contributed by atoms with Crippen molar-refractivity contribution in [3.05, 3.63) is 59.7 Å². The second-order valence-electron chi connectivity index (χ2n) is 7.62. The molecule has 0 saturated heterocycles. The number of rotatable bonds is 4. The molecule has 0 N–H and O–H groups in total. The van der Waals surface area contributed by atoms with Gasteiger partial charge in [-0.05, 0) is 62.4 Å². The number of sulfonamides is 1. The summed E-state index contributed by atoms with van der Waals surface area (Å²) in [6.07, 6.45) is 2.49. The van der Waals surface area contributed by atoms with Crippen LogP contribution in [0.15, 0.2) is 53.4 Å². The van der Waals surface area contributed by atoms with Gasteiger partial charge in [-0.1, -0.05) is 24.3 Å².